The molecule has 0 saturated carbocycles. The fourth-order valence-electron chi connectivity index (χ4n) is 2.66. The fourth-order valence-corrected chi connectivity index (χ4v) is 2.93. The number of hydrogen-bond donors (Lipinski definition) is 1. The van der Waals surface area contributed by atoms with Crippen LogP contribution in [0.1, 0.15) is 42.4 Å². The van der Waals surface area contributed by atoms with Gasteiger partial charge in [0.2, 0.25) is 0 Å². The highest BCUT2D eigenvalue weighted by atomic mass is 79.9. The lowest BCUT2D eigenvalue weighted by atomic mass is 10.1. The van der Waals surface area contributed by atoms with Crippen LogP contribution in [0.3, 0.4) is 0 Å². The second kappa shape index (κ2) is 6.55. The molecule has 1 heterocycles. The van der Waals surface area contributed by atoms with Gasteiger partial charge >= 0.3 is 0 Å². The van der Waals surface area contributed by atoms with Crippen molar-refractivity contribution in [2.24, 2.45) is 0 Å². The van der Waals surface area contributed by atoms with E-state index in [1.807, 2.05) is 0 Å². The van der Waals surface area contributed by atoms with E-state index in [1.54, 1.807) is 0 Å². The molecule has 2 aromatic rings. The van der Waals surface area contributed by atoms with Gasteiger partial charge in [0.15, 0.2) is 0 Å². The van der Waals surface area contributed by atoms with Crippen LogP contribution in [0.25, 0.3) is 0 Å². The molecular formula is C16H22BrN3. The summed E-state index contributed by atoms with van der Waals surface area (Å²) < 4.78 is 3.21. The smallest absolute Gasteiger partial charge is 0.0662 e. The van der Waals surface area contributed by atoms with Gasteiger partial charge in [-0.15, -0.1) is 0 Å². The zero-order chi connectivity index (χ0) is 14.7. The standard InChI is InChI=1S/C16H22BrN3/c1-5-18-11(2)16-12(3)19-20(13(16)4)10-14-6-8-15(17)9-7-14/h6-9,11,18H,5,10H2,1-4H3. The Labute approximate surface area is 129 Å². The molecule has 0 radical (unpaired) electrons. The van der Waals surface area contributed by atoms with E-state index in [4.69, 9.17) is 5.10 Å². The number of aromatic nitrogens is 2. The second-order valence-electron chi connectivity index (χ2n) is 5.15. The molecule has 0 saturated heterocycles. The van der Waals surface area contributed by atoms with Gasteiger partial charge in [-0.25, -0.2) is 0 Å². The van der Waals surface area contributed by atoms with Crippen molar-refractivity contribution in [1.82, 2.24) is 15.1 Å². The molecule has 108 valence electrons. The second-order valence-corrected chi connectivity index (χ2v) is 6.06. The molecule has 2 rings (SSSR count). The summed E-state index contributed by atoms with van der Waals surface area (Å²) in [5, 5.41) is 8.16. The zero-order valence-electron chi connectivity index (χ0n) is 12.6. The maximum absolute atomic E-state index is 4.70. The third-order valence-corrected chi connectivity index (χ3v) is 4.16. The molecule has 0 bridgehead atoms. The van der Waals surface area contributed by atoms with Crippen molar-refractivity contribution in [3.05, 3.63) is 51.3 Å². The number of hydrogen-bond acceptors (Lipinski definition) is 2. The van der Waals surface area contributed by atoms with Crippen LogP contribution in [0, 0.1) is 13.8 Å². The highest BCUT2D eigenvalue weighted by Crippen LogP contribution is 2.22. The average Bonchev–Trinajstić information content (AvgIpc) is 2.67. The van der Waals surface area contributed by atoms with Crippen LogP contribution < -0.4 is 5.32 Å². The Morgan fingerprint density at radius 3 is 2.50 bits per heavy atom. The van der Waals surface area contributed by atoms with Crippen LogP contribution in [-0.4, -0.2) is 16.3 Å². The van der Waals surface area contributed by atoms with E-state index in [9.17, 15) is 0 Å². The van der Waals surface area contributed by atoms with Crippen molar-refractivity contribution < 1.29 is 0 Å². The Balaban J connectivity index is 2.25. The van der Waals surface area contributed by atoms with Gasteiger partial charge in [0.1, 0.15) is 0 Å². The maximum Gasteiger partial charge on any atom is 0.0662 e. The summed E-state index contributed by atoms with van der Waals surface area (Å²) in [6.07, 6.45) is 0. The van der Waals surface area contributed by atoms with E-state index in [0.717, 1.165) is 23.3 Å². The molecule has 1 atom stereocenters. The summed E-state index contributed by atoms with van der Waals surface area (Å²) in [7, 11) is 0. The van der Waals surface area contributed by atoms with E-state index in [-0.39, 0.29) is 0 Å². The minimum atomic E-state index is 0.346. The summed E-state index contributed by atoms with van der Waals surface area (Å²) in [5.74, 6) is 0. The molecule has 0 aliphatic heterocycles. The van der Waals surface area contributed by atoms with Crippen LogP contribution in [-0.2, 0) is 6.54 Å². The van der Waals surface area contributed by atoms with Crippen molar-refractivity contribution in [3.8, 4) is 0 Å². The average molecular weight is 336 g/mol. The Hall–Kier alpha value is -1.13. The molecular weight excluding hydrogens is 314 g/mol. The molecule has 1 unspecified atom stereocenters. The molecule has 4 heteroatoms. The van der Waals surface area contributed by atoms with Gasteiger partial charge in [0.05, 0.1) is 12.2 Å². The molecule has 20 heavy (non-hydrogen) atoms. The van der Waals surface area contributed by atoms with Gasteiger partial charge in [0, 0.05) is 21.8 Å². The van der Waals surface area contributed by atoms with Gasteiger partial charge < -0.3 is 5.32 Å². The van der Waals surface area contributed by atoms with Gasteiger partial charge in [0.25, 0.3) is 0 Å². The Bertz CT molecular complexity index is 572. The van der Waals surface area contributed by atoms with Crippen molar-refractivity contribution in [2.45, 2.75) is 40.3 Å². The van der Waals surface area contributed by atoms with Crippen molar-refractivity contribution >= 4 is 15.9 Å². The van der Waals surface area contributed by atoms with Crippen LogP contribution in [0.5, 0.6) is 0 Å². The predicted octanol–water partition coefficient (Wildman–Crippen LogP) is 3.98. The lowest BCUT2D eigenvalue weighted by Crippen LogP contribution is -2.19. The molecule has 0 aliphatic carbocycles. The van der Waals surface area contributed by atoms with Crippen molar-refractivity contribution in [3.63, 3.8) is 0 Å². The van der Waals surface area contributed by atoms with E-state index < -0.39 is 0 Å². The Morgan fingerprint density at radius 1 is 1.25 bits per heavy atom. The summed E-state index contributed by atoms with van der Waals surface area (Å²) in [4.78, 5) is 0. The monoisotopic (exact) mass is 335 g/mol. The van der Waals surface area contributed by atoms with Gasteiger partial charge in [-0.1, -0.05) is 35.0 Å². The summed E-state index contributed by atoms with van der Waals surface area (Å²) >= 11 is 3.47. The fraction of sp³-hybridized carbons (Fsp3) is 0.438. The van der Waals surface area contributed by atoms with E-state index in [1.165, 1.54) is 16.8 Å². The van der Waals surface area contributed by atoms with Crippen LogP contribution in [0.2, 0.25) is 0 Å². The molecule has 1 N–H and O–H groups in total. The van der Waals surface area contributed by atoms with Gasteiger partial charge in [-0.05, 0) is 45.0 Å². The number of rotatable bonds is 5. The first-order valence-electron chi connectivity index (χ1n) is 7.04. The van der Waals surface area contributed by atoms with Crippen molar-refractivity contribution in [2.75, 3.05) is 6.54 Å². The van der Waals surface area contributed by atoms with Crippen LogP contribution in [0.15, 0.2) is 28.7 Å². The summed E-state index contributed by atoms with van der Waals surface area (Å²) in [6, 6.07) is 8.76. The predicted molar refractivity (Wildman–Crippen MR) is 87.0 cm³/mol. The minimum Gasteiger partial charge on any atom is -0.310 e. The van der Waals surface area contributed by atoms with E-state index >= 15 is 0 Å². The summed E-state index contributed by atoms with van der Waals surface area (Å²) in [6.45, 7) is 10.4. The lowest BCUT2D eigenvalue weighted by molar-refractivity contribution is 0.589. The normalized spacial score (nSPS) is 12.7. The third kappa shape index (κ3) is 3.30. The number of aryl methyl sites for hydroxylation is 1. The van der Waals surface area contributed by atoms with E-state index in [0.29, 0.717) is 6.04 Å². The Morgan fingerprint density at radius 2 is 1.90 bits per heavy atom. The quantitative estimate of drug-likeness (QED) is 0.895. The maximum atomic E-state index is 4.70. The minimum absolute atomic E-state index is 0.346. The lowest BCUT2D eigenvalue weighted by Gasteiger charge is -2.13. The number of nitrogens with zero attached hydrogens (tertiary/aromatic N) is 2. The number of benzene rings is 1. The molecule has 1 aromatic heterocycles. The van der Waals surface area contributed by atoms with Crippen molar-refractivity contribution in [1.29, 1.82) is 0 Å². The van der Waals surface area contributed by atoms with Crippen LogP contribution in [0.4, 0.5) is 0 Å². The Kier molecular flexibility index (Phi) is 5.00. The van der Waals surface area contributed by atoms with Crippen LogP contribution >= 0.6 is 15.9 Å². The van der Waals surface area contributed by atoms with Gasteiger partial charge in [-0.3, -0.25) is 4.68 Å². The largest absolute Gasteiger partial charge is 0.310 e. The molecule has 3 nitrogen and oxygen atoms in total. The molecule has 0 spiro atoms. The first kappa shape index (κ1) is 15.3. The summed E-state index contributed by atoms with van der Waals surface area (Å²) in [5.41, 5.74) is 4.96. The molecule has 0 amide bonds. The molecule has 0 fully saturated rings. The van der Waals surface area contributed by atoms with Gasteiger partial charge in [-0.2, -0.15) is 5.10 Å². The topological polar surface area (TPSA) is 29.9 Å². The SMILES string of the molecule is CCNC(C)c1c(C)nn(Cc2ccc(Br)cc2)c1C. The van der Waals surface area contributed by atoms with E-state index in [2.05, 4.69) is 77.9 Å². The first-order chi connectivity index (χ1) is 9.52. The third-order valence-electron chi connectivity index (χ3n) is 3.63. The highest BCUT2D eigenvalue weighted by molar-refractivity contribution is 9.10. The molecule has 0 aliphatic rings. The molecule has 1 aromatic carbocycles. The first-order valence-corrected chi connectivity index (χ1v) is 7.84. The zero-order valence-corrected chi connectivity index (χ0v) is 14.2. The highest BCUT2D eigenvalue weighted by Gasteiger charge is 2.16. The number of nitrogens with one attached hydrogen (secondary N) is 1. The number of halogens is 1.